The quantitative estimate of drug-likeness (QED) is 0.837. The third kappa shape index (κ3) is 3.90. The Morgan fingerprint density at radius 2 is 2.22 bits per heavy atom. The first-order valence-corrected chi connectivity index (χ1v) is 10.0. The van der Waals surface area contributed by atoms with Gasteiger partial charge in [-0.3, -0.25) is 4.79 Å². The normalized spacial score (nSPS) is 22.0. The average molecular weight is 393 g/mol. The number of hydrogen-bond donors (Lipinski definition) is 1. The molecule has 2 heterocycles. The van der Waals surface area contributed by atoms with E-state index in [2.05, 4.69) is 19.9 Å². The van der Waals surface area contributed by atoms with E-state index >= 15 is 0 Å². The molecule has 2 aliphatic rings. The maximum atomic E-state index is 12.9. The number of hydrogen-bond acceptors (Lipinski definition) is 5. The van der Waals surface area contributed by atoms with E-state index in [9.17, 15) is 13.6 Å². The van der Waals surface area contributed by atoms with Crippen LogP contribution in [0.25, 0.3) is 0 Å². The first-order chi connectivity index (χ1) is 13.1. The number of anilines is 1. The number of fused-ring (bicyclic) bond motifs is 1. The fourth-order valence-electron chi connectivity index (χ4n) is 4.01. The van der Waals surface area contributed by atoms with Gasteiger partial charge in [0.2, 0.25) is 5.91 Å². The summed E-state index contributed by atoms with van der Waals surface area (Å²) in [5, 5.41) is 5.97. The average Bonchev–Trinajstić information content (AvgIpc) is 3.32. The van der Waals surface area contributed by atoms with Crippen molar-refractivity contribution in [1.29, 1.82) is 0 Å². The number of benzene rings is 1. The van der Waals surface area contributed by atoms with Crippen molar-refractivity contribution in [2.45, 2.75) is 50.8 Å². The summed E-state index contributed by atoms with van der Waals surface area (Å²) in [6.07, 6.45) is 6.08. The molecule has 4 rings (SSSR count). The number of rotatable bonds is 5. The van der Waals surface area contributed by atoms with Crippen LogP contribution in [-0.2, 0) is 11.2 Å². The zero-order valence-electron chi connectivity index (χ0n) is 14.7. The molecule has 5 nitrogen and oxygen atoms in total. The standard InChI is InChI=1S/C19H21F2N3O2S/c20-18(21)26-13-6-7-14-12(11-13)3-1-4-15(14)23-17(25)16-5-2-9-24(16)19-22-8-10-27-19/h6-8,10-11,15-16,18H,1-5,9H2,(H,23,25)/t15-,16-/m0/s1. The van der Waals surface area contributed by atoms with Crippen molar-refractivity contribution in [3.05, 3.63) is 40.9 Å². The van der Waals surface area contributed by atoms with Gasteiger partial charge in [0.25, 0.3) is 0 Å². The summed E-state index contributed by atoms with van der Waals surface area (Å²) in [5.41, 5.74) is 1.96. The number of alkyl halides is 2. The van der Waals surface area contributed by atoms with Gasteiger partial charge >= 0.3 is 6.61 Å². The summed E-state index contributed by atoms with van der Waals surface area (Å²) in [6.45, 7) is -2.00. The number of halogens is 2. The number of nitrogens with one attached hydrogen (secondary N) is 1. The summed E-state index contributed by atoms with van der Waals surface area (Å²) in [4.78, 5) is 19.4. The topological polar surface area (TPSA) is 54.5 Å². The first kappa shape index (κ1) is 18.2. The van der Waals surface area contributed by atoms with Crippen LogP contribution in [0.15, 0.2) is 29.8 Å². The Labute approximate surface area is 160 Å². The van der Waals surface area contributed by atoms with Crippen molar-refractivity contribution < 1.29 is 18.3 Å². The Morgan fingerprint density at radius 3 is 3.00 bits per heavy atom. The van der Waals surface area contributed by atoms with E-state index < -0.39 is 6.61 Å². The molecule has 0 saturated carbocycles. The van der Waals surface area contributed by atoms with Crippen molar-refractivity contribution in [1.82, 2.24) is 10.3 Å². The third-order valence-electron chi connectivity index (χ3n) is 5.19. The van der Waals surface area contributed by atoms with Crippen LogP contribution in [0.3, 0.4) is 0 Å². The second-order valence-electron chi connectivity index (χ2n) is 6.86. The number of carbonyl (C=O) groups is 1. The number of aryl methyl sites for hydroxylation is 1. The predicted molar refractivity (Wildman–Crippen MR) is 99.4 cm³/mol. The van der Waals surface area contributed by atoms with E-state index in [1.165, 1.54) is 0 Å². The van der Waals surface area contributed by atoms with Gasteiger partial charge in [-0.15, -0.1) is 11.3 Å². The molecule has 1 aromatic carbocycles. The SMILES string of the molecule is O=C(N[C@H]1CCCc2cc(OC(F)F)ccc21)[C@@H]1CCCN1c1nccs1. The van der Waals surface area contributed by atoms with Crippen molar-refractivity contribution in [3.63, 3.8) is 0 Å². The smallest absolute Gasteiger partial charge is 0.387 e. The van der Waals surface area contributed by atoms with Gasteiger partial charge in [-0.25, -0.2) is 4.98 Å². The van der Waals surface area contributed by atoms with Crippen molar-refractivity contribution in [2.24, 2.45) is 0 Å². The molecule has 0 spiro atoms. The summed E-state index contributed by atoms with van der Waals surface area (Å²) in [5.74, 6) is 0.176. The van der Waals surface area contributed by atoms with Crippen molar-refractivity contribution in [3.8, 4) is 5.75 Å². The molecule has 2 aromatic rings. The lowest BCUT2D eigenvalue weighted by molar-refractivity contribution is -0.123. The summed E-state index contributed by atoms with van der Waals surface area (Å²) in [6, 6.07) is 4.71. The second-order valence-corrected chi connectivity index (χ2v) is 7.73. The molecule has 1 aliphatic heterocycles. The monoisotopic (exact) mass is 393 g/mol. The van der Waals surface area contributed by atoms with Gasteiger partial charge in [0.15, 0.2) is 5.13 Å². The number of amides is 1. The van der Waals surface area contributed by atoms with Gasteiger partial charge in [-0.1, -0.05) is 6.07 Å². The largest absolute Gasteiger partial charge is 0.435 e. The molecule has 0 unspecified atom stereocenters. The van der Waals surface area contributed by atoms with E-state index in [4.69, 9.17) is 0 Å². The van der Waals surface area contributed by atoms with Gasteiger partial charge in [0.1, 0.15) is 11.8 Å². The van der Waals surface area contributed by atoms with Gasteiger partial charge in [0, 0.05) is 18.1 Å². The summed E-state index contributed by atoms with van der Waals surface area (Å²) >= 11 is 1.54. The van der Waals surface area contributed by atoms with Crippen molar-refractivity contribution in [2.75, 3.05) is 11.4 Å². The van der Waals surface area contributed by atoms with Gasteiger partial charge in [0.05, 0.1) is 6.04 Å². The van der Waals surface area contributed by atoms with Crippen LogP contribution in [0, 0.1) is 0 Å². The molecule has 8 heteroatoms. The van der Waals surface area contributed by atoms with E-state index in [1.807, 2.05) is 5.38 Å². The minimum Gasteiger partial charge on any atom is -0.435 e. The fourth-order valence-corrected chi connectivity index (χ4v) is 4.73. The van der Waals surface area contributed by atoms with Gasteiger partial charge in [-0.2, -0.15) is 8.78 Å². The zero-order valence-corrected chi connectivity index (χ0v) is 15.6. The Bertz CT molecular complexity index is 800. The molecule has 144 valence electrons. The number of aromatic nitrogens is 1. The highest BCUT2D eigenvalue weighted by Crippen LogP contribution is 2.34. The molecular weight excluding hydrogens is 372 g/mol. The lowest BCUT2D eigenvalue weighted by atomic mass is 9.87. The molecule has 1 fully saturated rings. The van der Waals surface area contributed by atoms with Crippen LogP contribution in [0.4, 0.5) is 13.9 Å². The third-order valence-corrected chi connectivity index (χ3v) is 6.00. The first-order valence-electron chi connectivity index (χ1n) is 9.16. The molecule has 1 amide bonds. The second kappa shape index (κ2) is 7.80. The van der Waals surface area contributed by atoms with E-state index in [1.54, 1.807) is 35.7 Å². The number of ether oxygens (including phenoxy) is 1. The molecule has 27 heavy (non-hydrogen) atoms. The predicted octanol–water partition coefficient (Wildman–Crippen LogP) is 3.91. The van der Waals surface area contributed by atoms with Crippen LogP contribution in [0.5, 0.6) is 5.75 Å². The minimum atomic E-state index is -2.83. The van der Waals surface area contributed by atoms with Crippen LogP contribution in [0.2, 0.25) is 0 Å². The zero-order chi connectivity index (χ0) is 18.8. The maximum absolute atomic E-state index is 12.9. The molecular formula is C19H21F2N3O2S. The minimum absolute atomic E-state index is 0.00783. The molecule has 1 aromatic heterocycles. The van der Waals surface area contributed by atoms with E-state index in [0.29, 0.717) is 0 Å². The van der Waals surface area contributed by atoms with Gasteiger partial charge < -0.3 is 15.0 Å². The maximum Gasteiger partial charge on any atom is 0.387 e. The molecule has 0 bridgehead atoms. The Kier molecular flexibility index (Phi) is 5.24. The number of nitrogens with zero attached hydrogens (tertiary/aromatic N) is 2. The lowest BCUT2D eigenvalue weighted by Gasteiger charge is -2.30. The van der Waals surface area contributed by atoms with E-state index in [-0.39, 0.29) is 23.7 Å². The molecule has 1 saturated heterocycles. The highest BCUT2D eigenvalue weighted by Gasteiger charge is 2.34. The highest BCUT2D eigenvalue weighted by atomic mass is 32.1. The molecule has 1 aliphatic carbocycles. The van der Waals surface area contributed by atoms with E-state index in [0.717, 1.165) is 54.9 Å². The molecule has 0 radical (unpaired) electrons. The van der Waals surface area contributed by atoms with Crippen LogP contribution in [0.1, 0.15) is 42.9 Å². The number of thiazole rings is 1. The number of carbonyl (C=O) groups excluding carboxylic acids is 1. The van der Waals surface area contributed by atoms with Crippen molar-refractivity contribution >= 4 is 22.4 Å². The van der Waals surface area contributed by atoms with Crippen LogP contribution >= 0.6 is 11.3 Å². The molecule has 1 N–H and O–H groups in total. The van der Waals surface area contributed by atoms with Gasteiger partial charge in [-0.05, 0) is 55.4 Å². The lowest BCUT2D eigenvalue weighted by Crippen LogP contribution is -2.45. The van der Waals surface area contributed by atoms with Crippen LogP contribution < -0.4 is 15.0 Å². The Balaban J connectivity index is 1.48. The highest BCUT2D eigenvalue weighted by molar-refractivity contribution is 7.13. The molecule has 2 atom stereocenters. The fraction of sp³-hybridized carbons (Fsp3) is 0.474. The summed E-state index contributed by atoms with van der Waals surface area (Å²) in [7, 11) is 0. The summed E-state index contributed by atoms with van der Waals surface area (Å²) < 4.78 is 29.4. The Morgan fingerprint density at radius 1 is 1.33 bits per heavy atom. The van der Waals surface area contributed by atoms with Crippen LogP contribution in [-0.4, -0.2) is 30.1 Å². The Hall–Kier alpha value is -2.22.